The molecule has 2 aromatic carbocycles. The van der Waals surface area contributed by atoms with Gasteiger partial charge in [0, 0.05) is 17.6 Å². The van der Waals surface area contributed by atoms with E-state index in [1.54, 1.807) is 7.11 Å². The summed E-state index contributed by atoms with van der Waals surface area (Å²) < 4.78 is 5.24. The predicted octanol–water partition coefficient (Wildman–Crippen LogP) is 3.81. The van der Waals surface area contributed by atoms with Crippen LogP contribution in [0, 0.1) is 0 Å². The molecule has 0 radical (unpaired) electrons. The van der Waals surface area contributed by atoms with Crippen molar-refractivity contribution in [2.24, 2.45) is 0 Å². The molecule has 140 valence electrons. The fourth-order valence-corrected chi connectivity index (χ4v) is 3.55. The second-order valence-electron chi connectivity index (χ2n) is 6.97. The zero-order chi connectivity index (χ0) is 18.6. The van der Waals surface area contributed by atoms with Gasteiger partial charge in [0.15, 0.2) is 5.69 Å². The number of hydrogen-bond donors (Lipinski definition) is 2. The van der Waals surface area contributed by atoms with E-state index in [-0.39, 0.29) is 5.91 Å². The highest BCUT2D eigenvalue weighted by Gasteiger charge is 2.15. The molecule has 27 heavy (non-hydrogen) atoms. The third-order valence-electron chi connectivity index (χ3n) is 5.05. The third-order valence-corrected chi connectivity index (χ3v) is 5.05. The molecule has 1 amide bonds. The predicted molar refractivity (Wildman–Crippen MR) is 106 cm³/mol. The number of rotatable bonds is 5. The van der Waals surface area contributed by atoms with E-state index in [0.717, 1.165) is 23.1 Å². The number of carbonyl (C=O) groups is 1. The van der Waals surface area contributed by atoms with E-state index >= 15 is 0 Å². The van der Waals surface area contributed by atoms with Crippen LogP contribution in [0.1, 0.15) is 35.3 Å². The van der Waals surface area contributed by atoms with Gasteiger partial charge in [-0.1, -0.05) is 18.6 Å². The Kier molecular flexibility index (Phi) is 5.07. The van der Waals surface area contributed by atoms with E-state index in [2.05, 4.69) is 32.5 Å². The Labute approximate surface area is 158 Å². The number of ether oxygens (including phenoxy) is 1. The standard InChI is InChI=1S/C21H24N4O2/c1-27-17-9-10-19-18(13-17)20(24-23-19)21(26)22-16-7-5-15(6-8-16)14-25-11-3-2-4-12-25/h5-10,13H,2-4,11-12,14H2,1H3,(H,22,26)(H,23,24). The van der Waals surface area contributed by atoms with Gasteiger partial charge in [-0.05, 0) is 61.8 Å². The van der Waals surface area contributed by atoms with Crippen LogP contribution in [0.25, 0.3) is 10.9 Å². The van der Waals surface area contributed by atoms with Crippen LogP contribution in [0.4, 0.5) is 5.69 Å². The van der Waals surface area contributed by atoms with Gasteiger partial charge in [0.1, 0.15) is 5.75 Å². The summed E-state index contributed by atoms with van der Waals surface area (Å²) in [5, 5.41) is 10.7. The summed E-state index contributed by atoms with van der Waals surface area (Å²) in [6, 6.07) is 13.6. The van der Waals surface area contributed by atoms with Crippen LogP contribution in [0.15, 0.2) is 42.5 Å². The highest BCUT2D eigenvalue weighted by molar-refractivity contribution is 6.11. The fraction of sp³-hybridized carbons (Fsp3) is 0.333. The van der Waals surface area contributed by atoms with Crippen molar-refractivity contribution in [1.29, 1.82) is 0 Å². The van der Waals surface area contributed by atoms with Gasteiger partial charge in [-0.25, -0.2) is 0 Å². The summed E-state index contributed by atoms with van der Waals surface area (Å²) in [7, 11) is 1.60. The molecule has 2 heterocycles. The van der Waals surface area contributed by atoms with Gasteiger partial charge in [-0.3, -0.25) is 14.8 Å². The molecule has 1 aromatic heterocycles. The van der Waals surface area contributed by atoms with Gasteiger partial charge in [-0.2, -0.15) is 5.10 Å². The number of H-pyrrole nitrogens is 1. The first-order valence-electron chi connectivity index (χ1n) is 9.38. The molecule has 2 N–H and O–H groups in total. The summed E-state index contributed by atoms with van der Waals surface area (Å²) in [4.78, 5) is 15.1. The Morgan fingerprint density at radius 1 is 1.15 bits per heavy atom. The van der Waals surface area contributed by atoms with Crippen LogP contribution in [0.3, 0.4) is 0 Å². The van der Waals surface area contributed by atoms with Crippen molar-refractivity contribution in [1.82, 2.24) is 15.1 Å². The molecule has 1 aliphatic heterocycles. The van der Waals surface area contributed by atoms with Crippen LogP contribution < -0.4 is 10.1 Å². The number of likely N-dealkylation sites (tertiary alicyclic amines) is 1. The SMILES string of the molecule is COc1ccc2[nH]nc(C(=O)Nc3ccc(CN4CCCCC4)cc3)c2c1. The summed E-state index contributed by atoms with van der Waals surface area (Å²) in [6.45, 7) is 3.32. The molecule has 0 saturated carbocycles. The summed E-state index contributed by atoms with van der Waals surface area (Å²) in [6.07, 6.45) is 3.92. The minimum Gasteiger partial charge on any atom is -0.497 e. The van der Waals surface area contributed by atoms with Gasteiger partial charge >= 0.3 is 0 Å². The molecule has 0 spiro atoms. The molecular weight excluding hydrogens is 340 g/mol. The molecule has 1 aliphatic rings. The molecule has 0 bridgehead atoms. The highest BCUT2D eigenvalue weighted by atomic mass is 16.5. The first-order chi connectivity index (χ1) is 13.2. The number of methoxy groups -OCH3 is 1. The van der Waals surface area contributed by atoms with E-state index in [0.29, 0.717) is 11.4 Å². The lowest BCUT2D eigenvalue weighted by molar-refractivity contribution is 0.102. The minimum atomic E-state index is -0.238. The number of amides is 1. The number of aromatic nitrogens is 2. The number of piperidine rings is 1. The zero-order valence-corrected chi connectivity index (χ0v) is 15.5. The molecule has 0 unspecified atom stereocenters. The maximum absolute atomic E-state index is 12.6. The molecule has 3 aromatic rings. The van der Waals surface area contributed by atoms with Crippen molar-refractivity contribution in [3.05, 3.63) is 53.7 Å². The summed E-state index contributed by atoms with van der Waals surface area (Å²) >= 11 is 0. The fourth-order valence-electron chi connectivity index (χ4n) is 3.55. The molecule has 1 fully saturated rings. The average molecular weight is 364 g/mol. The minimum absolute atomic E-state index is 0.238. The van der Waals surface area contributed by atoms with Gasteiger partial charge in [0.2, 0.25) is 0 Å². The van der Waals surface area contributed by atoms with E-state index in [1.165, 1.54) is 37.9 Å². The number of carbonyl (C=O) groups excluding carboxylic acids is 1. The maximum atomic E-state index is 12.6. The Hall–Kier alpha value is -2.86. The Morgan fingerprint density at radius 3 is 2.67 bits per heavy atom. The summed E-state index contributed by atoms with van der Waals surface area (Å²) in [5.74, 6) is 0.457. The molecular formula is C21H24N4O2. The maximum Gasteiger partial charge on any atom is 0.276 e. The molecule has 0 atom stereocenters. The van der Waals surface area contributed by atoms with Gasteiger partial charge in [0.25, 0.3) is 5.91 Å². The van der Waals surface area contributed by atoms with Crippen LogP contribution in [0.2, 0.25) is 0 Å². The molecule has 6 heteroatoms. The lowest BCUT2D eigenvalue weighted by Gasteiger charge is -2.26. The summed E-state index contributed by atoms with van der Waals surface area (Å²) in [5.41, 5.74) is 3.20. The average Bonchev–Trinajstić information content (AvgIpc) is 3.13. The quantitative estimate of drug-likeness (QED) is 0.722. The number of nitrogens with zero attached hydrogens (tertiary/aromatic N) is 2. The van der Waals surface area contributed by atoms with Crippen molar-refractivity contribution in [3.63, 3.8) is 0 Å². The normalized spacial score (nSPS) is 15.0. The highest BCUT2D eigenvalue weighted by Crippen LogP contribution is 2.23. The first-order valence-corrected chi connectivity index (χ1v) is 9.38. The largest absolute Gasteiger partial charge is 0.497 e. The van der Waals surface area contributed by atoms with Gasteiger partial charge < -0.3 is 10.1 Å². The van der Waals surface area contributed by atoms with Crippen molar-refractivity contribution in [3.8, 4) is 5.75 Å². The number of fused-ring (bicyclic) bond motifs is 1. The van der Waals surface area contributed by atoms with Crippen LogP contribution in [-0.2, 0) is 6.54 Å². The van der Waals surface area contributed by atoms with Gasteiger partial charge in [-0.15, -0.1) is 0 Å². The first kappa shape index (κ1) is 17.5. The molecule has 4 rings (SSSR count). The molecule has 0 aliphatic carbocycles. The third kappa shape index (κ3) is 3.95. The Morgan fingerprint density at radius 2 is 1.93 bits per heavy atom. The molecule has 6 nitrogen and oxygen atoms in total. The lowest BCUT2D eigenvalue weighted by Crippen LogP contribution is -2.29. The Balaban J connectivity index is 1.45. The second kappa shape index (κ2) is 7.80. The van der Waals surface area contributed by atoms with E-state index in [1.807, 2.05) is 30.3 Å². The number of aromatic amines is 1. The second-order valence-corrected chi connectivity index (χ2v) is 6.97. The molecule has 1 saturated heterocycles. The van der Waals surface area contributed by atoms with E-state index < -0.39 is 0 Å². The van der Waals surface area contributed by atoms with Gasteiger partial charge in [0.05, 0.1) is 12.6 Å². The smallest absolute Gasteiger partial charge is 0.276 e. The van der Waals surface area contributed by atoms with E-state index in [9.17, 15) is 4.79 Å². The van der Waals surface area contributed by atoms with Crippen LogP contribution >= 0.6 is 0 Å². The van der Waals surface area contributed by atoms with Crippen molar-refractivity contribution in [2.75, 3.05) is 25.5 Å². The van der Waals surface area contributed by atoms with Crippen molar-refractivity contribution >= 4 is 22.5 Å². The van der Waals surface area contributed by atoms with Crippen LogP contribution in [0.5, 0.6) is 5.75 Å². The number of nitrogens with one attached hydrogen (secondary N) is 2. The van der Waals surface area contributed by atoms with Crippen molar-refractivity contribution < 1.29 is 9.53 Å². The zero-order valence-electron chi connectivity index (χ0n) is 15.5. The topological polar surface area (TPSA) is 70.2 Å². The van der Waals surface area contributed by atoms with Crippen molar-refractivity contribution in [2.45, 2.75) is 25.8 Å². The number of anilines is 1. The Bertz CT molecular complexity index is 927. The monoisotopic (exact) mass is 364 g/mol. The number of hydrogen-bond acceptors (Lipinski definition) is 4. The van der Waals surface area contributed by atoms with Crippen LogP contribution in [-0.4, -0.2) is 41.2 Å². The number of benzene rings is 2. The van der Waals surface area contributed by atoms with E-state index in [4.69, 9.17) is 4.74 Å². The lowest BCUT2D eigenvalue weighted by atomic mass is 10.1.